The minimum absolute atomic E-state index is 0.809. The molecule has 0 radical (unpaired) electrons. The van der Waals surface area contributed by atoms with Gasteiger partial charge in [0.1, 0.15) is 12.1 Å². The Bertz CT molecular complexity index is 338. The van der Waals surface area contributed by atoms with E-state index in [1.807, 2.05) is 13.0 Å². The van der Waals surface area contributed by atoms with Crippen LogP contribution in [-0.4, -0.2) is 16.5 Å². The van der Waals surface area contributed by atoms with Crippen LogP contribution in [0, 0.1) is 18.8 Å². The summed E-state index contributed by atoms with van der Waals surface area (Å²) in [4.78, 5) is 8.33. The first-order valence-corrected chi connectivity index (χ1v) is 6.28. The van der Waals surface area contributed by atoms with Crippen molar-refractivity contribution in [2.24, 2.45) is 11.8 Å². The third kappa shape index (κ3) is 2.94. The predicted molar refractivity (Wildman–Crippen MR) is 66.4 cm³/mol. The lowest BCUT2D eigenvalue weighted by Crippen LogP contribution is -2.24. The van der Waals surface area contributed by atoms with Gasteiger partial charge in [-0.25, -0.2) is 9.97 Å². The Balaban J connectivity index is 1.86. The molecule has 0 aromatic carbocycles. The van der Waals surface area contributed by atoms with Crippen molar-refractivity contribution in [1.29, 1.82) is 0 Å². The van der Waals surface area contributed by atoms with Crippen LogP contribution < -0.4 is 5.32 Å². The Morgan fingerprint density at radius 2 is 2.12 bits per heavy atom. The van der Waals surface area contributed by atoms with E-state index in [1.165, 1.54) is 25.7 Å². The van der Waals surface area contributed by atoms with Crippen molar-refractivity contribution in [2.45, 2.75) is 39.5 Å². The molecule has 0 saturated heterocycles. The molecule has 1 fully saturated rings. The van der Waals surface area contributed by atoms with Crippen LogP contribution in [0.1, 0.15) is 38.3 Å². The van der Waals surface area contributed by atoms with Gasteiger partial charge in [0.2, 0.25) is 0 Å². The molecule has 88 valence electrons. The van der Waals surface area contributed by atoms with Crippen molar-refractivity contribution in [3.8, 4) is 0 Å². The number of rotatable bonds is 3. The fourth-order valence-corrected chi connectivity index (χ4v) is 2.48. The molecule has 1 aromatic heterocycles. The zero-order valence-electron chi connectivity index (χ0n) is 10.2. The van der Waals surface area contributed by atoms with Gasteiger partial charge in [0, 0.05) is 18.3 Å². The van der Waals surface area contributed by atoms with Gasteiger partial charge in [-0.1, -0.05) is 26.2 Å². The van der Waals surface area contributed by atoms with Crippen LogP contribution >= 0.6 is 0 Å². The van der Waals surface area contributed by atoms with Gasteiger partial charge in [0.25, 0.3) is 0 Å². The molecule has 16 heavy (non-hydrogen) atoms. The third-order valence-corrected chi connectivity index (χ3v) is 3.64. The van der Waals surface area contributed by atoms with Crippen molar-refractivity contribution >= 4 is 5.82 Å². The first kappa shape index (κ1) is 11.4. The predicted octanol–water partition coefficient (Wildman–Crippen LogP) is 3.02. The highest BCUT2D eigenvalue weighted by Gasteiger charge is 2.20. The minimum Gasteiger partial charge on any atom is -0.370 e. The first-order chi connectivity index (χ1) is 7.75. The molecular formula is C13H21N3. The molecule has 1 saturated carbocycles. The van der Waals surface area contributed by atoms with Gasteiger partial charge in [0.15, 0.2) is 0 Å². The summed E-state index contributed by atoms with van der Waals surface area (Å²) in [7, 11) is 0. The number of hydrogen-bond acceptors (Lipinski definition) is 3. The summed E-state index contributed by atoms with van der Waals surface area (Å²) in [5.74, 6) is 2.62. The van der Waals surface area contributed by atoms with Crippen molar-refractivity contribution in [2.75, 3.05) is 11.9 Å². The second-order valence-electron chi connectivity index (χ2n) is 4.95. The molecule has 2 atom stereocenters. The molecule has 2 unspecified atom stereocenters. The molecule has 3 nitrogen and oxygen atoms in total. The Morgan fingerprint density at radius 1 is 1.31 bits per heavy atom. The van der Waals surface area contributed by atoms with Crippen LogP contribution in [-0.2, 0) is 0 Å². The monoisotopic (exact) mass is 219 g/mol. The molecule has 2 rings (SSSR count). The third-order valence-electron chi connectivity index (χ3n) is 3.64. The summed E-state index contributed by atoms with van der Waals surface area (Å²) >= 11 is 0. The van der Waals surface area contributed by atoms with E-state index < -0.39 is 0 Å². The smallest absolute Gasteiger partial charge is 0.129 e. The fourth-order valence-electron chi connectivity index (χ4n) is 2.48. The van der Waals surface area contributed by atoms with E-state index >= 15 is 0 Å². The van der Waals surface area contributed by atoms with Crippen molar-refractivity contribution in [3.63, 3.8) is 0 Å². The van der Waals surface area contributed by atoms with Gasteiger partial charge >= 0.3 is 0 Å². The lowest BCUT2D eigenvalue weighted by molar-refractivity contribution is 0.268. The highest BCUT2D eigenvalue weighted by atomic mass is 15.0. The molecule has 1 aromatic rings. The van der Waals surface area contributed by atoms with Crippen LogP contribution in [0.4, 0.5) is 5.82 Å². The maximum Gasteiger partial charge on any atom is 0.129 e. The minimum atomic E-state index is 0.809. The second kappa shape index (κ2) is 5.28. The summed E-state index contributed by atoms with van der Waals surface area (Å²) in [5.41, 5.74) is 1.02. The highest BCUT2D eigenvalue weighted by molar-refractivity contribution is 5.34. The molecule has 0 bridgehead atoms. The van der Waals surface area contributed by atoms with Gasteiger partial charge in [-0.05, 0) is 25.2 Å². The van der Waals surface area contributed by atoms with Crippen molar-refractivity contribution in [1.82, 2.24) is 9.97 Å². The first-order valence-electron chi connectivity index (χ1n) is 6.28. The van der Waals surface area contributed by atoms with Gasteiger partial charge in [-0.2, -0.15) is 0 Å². The summed E-state index contributed by atoms with van der Waals surface area (Å²) in [5, 5.41) is 3.43. The molecule has 0 spiro atoms. The lowest BCUT2D eigenvalue weighted by atomic mass is 9.80. The maximum absolute atomic E-state index is 4.23. The molecule has 0 amide bonds. The average Bonchev–Trinajstić information content (AvgIpc) is 2.28. The Morgan fingerprint density at radius 3 is 2.88 bits per heavy atom. The standard InChI is InChI=1S/C13H21N3/c1-10-5-3-4-6-12(10)8-14-13-7-11(2)15-9-16-13/h7,9-10,12H,3-6,8H2,1-2H3,(H,14,15,16). The van der Waals surface area contributed by atoms with Gasteiger partial charge < -0.3 is 5.32 Å². The Hall–Kier alpha value is -1.12. The van der Waals surface area contributed by atoms with E-state index in [0.717, 1.165) is 29.9 Å². The summed E-state index contributed by atoms with van der Waals surface area (Å²) in [6.07, 6.45) is 7.17. The second-order valence-corrected chi connectivity index (χ2v) is 4.95. The van der Waals surface area contributed by atoms with E-state index in [1.54, 1.807) is 6.33 Å². The summed E-state index contributed by atoms with van der Waals surface area (Å²) < 4.78 is 0. The van der Waals surface area contributed by atoms with E-state index in [4.69, 9.17) is 0 Å². The van der Waals surface area contributed by atoms with Gasteiger partial charge in [-0.15, -0.1) is 0 Å². The molecule has 3 heteroatoms. The normalized spacial score (nSPS) is 25.4. The van der Waals surface area contributed by atoms with E-state index in [9.17, 15) is 0 Å². The molecule has 1 aliphatic rings. The van der Waals surface area contributed by atoms with Crippen molar-refractivity contribution < 1.29 is 0 Å². The summed E-state index contributed by atoms with van der Waals surface area (Å²) in [6.45, 7) is 5.42. The largest absolute Gasteiger partial charge is 0.370 e. The quantitative estimate of drug-likeness (QED) is 0.849. The Labute approximate surface area is 97.7 Å². The maximum atomic E-state index is 4.23. The SMILES string of the molecule is Cc1cc(NCC2CCCCC2C)ncn1. The zero-order chi connectivity index (χ0) is 11.4. The van der Waals surface area contributed by atoms with Gasteiger partial charge in [-0.3, -0.25) is 0 Å². The van der Waals surface area contributed by atoms with Crippen LogP contribution in [0.15, 0.2) is 12.4 Å². The molecular weight excluding hydrogens is 198 g/mol. The molecule has 1 aliphatic carbocycles. The fraction of sp³-hybridized carbons (Fsp3) is 0.692. The number of nitrogens with one attached hydrogen (secondary N) is 1. The van der Waals surface area contributed by atoms with Crippen LogP contribution in [0.25, 0.3) is 0 Å². The topological polar surface area (TPSA) is 37.8 Å². The number of nitrogens with zero attached hydrogens (tertiary/aromatic N) is 2. The lowest BCUT2D eigenvalue weighted by Gasteiger charge is -2.28. The average molecular weight is 219 g/mol. The molecule has 1 N–H and O–H groups in total. The number of aromatic nitrogens is 2. The number of anilines is 1. The molecule has 0 aliphatic heterocycles. The van der Waals surface area contributed by atoms with E-state index in [0.29, 0.717) is 0 Å². The van der Waals surface area contributed by atoms with E-state index in [-0.39, 0.29) is 0 Å². The highest BCUT2D eigenvalue weighted by Crippen LogP contribution is 2.29. The summed E-state index contributed by atoms with van der Waals surface area (Å²) in [6, 6.07) is 2.01. The van der Waals surface area contributed by atoms with Crippen molar-refractivity contribution in [3.05, 3.63) is 18.1 Å². The number of aryl methyl sites for hydroxylation is 1. The van der Waals surface area contributed by atoms with Crippen LogP contribution in [0.3, 0.4) is 0 Å². The van der Waals surface area contributed by atoms with Crippen LogP contribution in [0.2, 0.25) is 0 Å². The van der Waals surface area contributed by atoms with Gasteiger partial charge in [0.05, 0.1) is 0 Å². The molecule has 1 heterocycles. The Kier molecular flexibility index (Phi) is 3.75. The van der Waals surface area contributed by atoms with E-state index in [2.05, 4.69) is 22.2 Å². The zero-order valence-corrected chi connectivity index (χ0v) is 10.2. The number of hydrogen-bond donors (Lipinski definition) is 1. The van der Waals surface area contributed by atoms with Crippen LogP contribution in [0.5, 0.6) is 0 Å².